The largest absolute Gasteiger partial charge is 0.497 e. The maximum absolute atomic E-state index is 13.8. The smallest absolute Gasteiger partial charge is 0.323 e. The first-order valence-electron chi connectivity index (χ1n) is 12.7. The van der Waals surface area contributed by atoms with Crippen LogP contribution in [0.5, 0.6) is 0 Å². The van der Waals surface area contributed by atoms with Crippen LogP contribution >= 0.6 is 0 Å². The molecule has 7 heteroatoms. The Bertz CT molecular complexity index is 945. The van der Waals surface area contributed by atoms with Gasteiger partial charge in [0.1, 0.15) is 11.9 Å². The number of urea groups is 1. The van der Waals surface area contributed by atoms with E-state index in [4.69, 9.17) is 10.5 Å². The highest BCUT2D eigenvalue weighted by atomic mass is 16.5. The van der Waals surface area contributed by atoms with E-state index in [1.165, 1.54) is 45.3 Å². The number of para-hydroxylation sites is 1. The fourth-order valence-electron chi connectivity index (χ4n) is 5.13. The molecule has 1 aromatic rings. The Kier molecular flexibility index (Phi) is 8.78. The number of rotatable bonds is 8. The number of ketones is 1. The number of nitrogens with one attached hydrogen (secondary N) is 1. The first kappa shape index (κ1) is 27.0. The van der Waals surface area contributed by atoms with Crippen LogP contribution in [0, 0.1) is 11.3 Å². The Morgan fingerprint density at radius 3 is 2.40 bits per heavy atom. The highest BCUT2D eigenvalue weighted by molar-refractivity contribution is 6.01. The Morgan fingerprint density at radius 2 is 1.83 bits per heavy atom. The van der Waals surface area contributed by atoms with Crippen molar-refractivity contribution in [3.8, 4) is 0 Å². The number of carbonyl (C=O) groups is 2. The van der Waals surface area contributed by atoms with Gasteiger partial charge in [-0.15, -0.1) is 0 Å². The molecule has 0 saturated heterocycles. The number of allylic oxidation sites excluding steroid dienone is 1. The summed E-state index contributed by atoms with van der Waals surface area (Å²) in [5.41, 5.74) is 4.93. The van der Waals surface area contributed by atoms with Gasteiger partial charge in [-0.3, -0.25) is 9.69 Å². The van der Waals surface area contributed by atoms with Crippen LogP contribution in [0.3, 0.4) is 0 Å². The number of aliphatic hydroxyl groups is 1. The predicted molar refractivity (Wildman–Crippen MR) is 139 cm³/mol. The highest BCUT2D eigenvalue weighted by Crippen LogP contribution is 2.38. The van der Waals surface area contributed by atoms with Gasteiger partial charge in [0, 0.05) is 12.2 Å². The van der Waals surface area contributed by atoms with E-state index in [-0.39, 0.29) is 6.54 Å². The second-order valence-corrected chi connectivity index (χ2v) is 10.7. The standard InChI is InChI=1S/C28H41N3O4/c1-27(2,3)23-17-22(35-4)18-28(25(23)33,24(32)19-29)30-26(34)31(21-13-9-6-10-14-21)16-15-20-11-7-5-8-12-20/h6,9-10,13-14,17-18,20,25,33H,5,7-8,11-12,15-16,19,29H2,1-4H3,(H,30,34). The highest BCUT2D eigenvalue weighted by Gasteiger charge is 2.50. The van der Waals surface area contributed by atoms with Crippen LogP contribution in [0.15, 0.2) is 53.8 Å². The molecule has 0 bridgehead atoms. The van der Waals surface area contributed by atoms with Crippen molar-refractivity contribution in [2.24, 2.45) is 17.1 Å². The molecule has 4 N–H and O–H groups in total. The van der Waals surface area contributed by atoms with Crippen molar-refractivity contribution in [2.75, 3.05) is 25.1 Å². The van der Waals surface area contributed by atoms with Gasteiger partial charge in [0.2, 0.25) is 0 Å². The maximum atomic E-state index is 13.8. The van der Waals surface area contributed by atoms with Crippen molar-refractivity contribution in [1.29, 1.82) is 0 Å². The molecule has 0 aliphatic heterocycles. The first-order valence-corrected chi connectivity index (χ1v) is 12.7. The number of ether oxygens (including phenoxy) is 1. The lowest BCUT2D eigenvalue weighted by Crippen LogP contribution is -2.66. The minimum atomic E-state index is -1.73. The normalized spacial score (nSPS) is 23.2. The molecule has 2 aliphatic carbocycles. The van der Waals surface area contributed by atoms with Crippen LogP contribution in [-0.4, -0.2) is 48.8 Å². The van der Waals surface area contributed by atoms with Crippen LogP contribution in [0.4, 0.5) is 10.5 Å². The van der Waals surface area contributed by atoms with Gasteiger partial charge in [0.15, 0.2) is 11.3 Å². The molecule has 2 amide bonds. The van der Waals surface area contributed by atoms with Crippen molar-refractivity contribution >= 4 is 17.5 Å². The molecule has 7 nitrogen and oxygen atoms in total. The summed E-state index contributed by atoms with van der Waals surface area (Å²) in [5, 5.41) is 14.4. The number of nitrogens with zero attached hydrogens (tertiary/aromatic N) is 1. The van der Waals surface area contributed by atoms with Gasteiger partial charge in [0.25, 0.3) is 0 Å². The van der Waals surface area contributed by atoms with Gasteiger partial charge < -0.3 is 20.9 Å². The molecule has 0 aromatic heterocycles. The van der Waals surface area contributed by atoms with E-state index in [0.29, 0.717) is 23.8 Å². The molecule has 35 heavy (non-hydrogen) atoms. The summed E-state index contributed by atoms with van der Waals surface area (Å²) in [6.07, 6.45) is 8.92. The minimum Gasteiger partial charge on any atom is -0.497 e. The van der Waals surface area contributed by atoms with Crippen molar-refractivity contribution in [3.05, 3.63) is 53.8 Å². The number of nitrogens with two attached hydrogens (primary N) is 1. The fourth-order valence-corrected chi connectivity index (χ4v) is 5.13. The second kappa shape index (κ2) is 11.4. The van der Waals surface area contributed by atoms with E-state index in [9.17, 15) is 14.7 Å². The Labute approximate surface area is 209 Å². The van der Waals surface area contributed by atoms with Crippen LogP contribution in [0.2, 0.25) is 0 Å². The molecular weight excluding hydrogens is 442 g/mol. The molecule has 2 atom stereocenters. The number of anilines is 1. The van der Waals surface area contributed by atoms with Crippen LogP contribution in [-0.2, 0) is 9.53 Å². The average molecular weight is 484 g/mol. The van der Waals surface area contributed by atoms with Crippen LogP contribution in [0.1, 0.15) is 59.3 Å². The van der Waals surface area contributed by atoms with Gasteiger partial charge in [-0.05, 0) is 47.6 Å². The summed E-state index contributed by atoms with van der Waals surface area (Å²) in [4.78, 5) is 28.8. The van der Waals surface area contributed by atoms with Gasteiger partial charge in [-0.1, -0.05) is 71.1 Å². The number of carbonyl (C=O) groups excluding carboxylic acids is 2. The summed E-state index contributed by atoms with van der Waals surface area (Å²) in [6, 6.07) is 8.98. The van der Waals surface area contributed by atoms with Crippen LogP contribution < -0.4 is 16.0 Å². The zero-order valence-corrected chi connectivity index (χ0v) is 21.5. The maximum Gasteiger partial charge on any atom is 0.323 e. The lowest BCUT2D eigenvalue weighted by molar-refractivity contribution is -0.125. The van der Waals surface area contributed by atoms with E-state index in [1.807, 2.05) is 51.1 Å². The Balaban J connectivity index is 1.95. The minimum absolute atomic E-state index is 0.338. The molecule has 2 aliphatic rings. The lowest BCUT2D eigenvalue weighted by Gasteiger charge is -2.43. The van der Waals surface area contributed by atoms with E-state index >= 15 is 0 Å². The molecule has 0 spiro atoms. The number of Topliss-reactive ketones (excluding diaryl/α,β-unsaturated/α-hetero) is 1. The zero-order chi connectivity index (χ0) is 25.6. The lowest BCUT2D eigenvalue weighted by atomic mass is 9.71. The SMILES string of the molecule is COC1=CC(NC(=O)N(CCC2CCCCC2)c2ccccc2)(C(=O)CN)C(O)C(C(C)(C)C)=C1. The van der Waals surface area contributed by atoms with E-state index < -0.39 is 28.9 Å². The number of aliphatic hydroxyl groups excluding tert-OH is 1. The topological polar surface area (TPSA) is 105 Å². The molecule has 0 radical (unpaired) electrons. The Morgan fingerprint density at radius 1 is 1.17 bits per heavy atom. The quantitative estimate of drug-likeness (QED) is 0.511. The number of hydrogen-bond acceptors (Lipinski definition) is 5. The number of methoxy groups -OCH3 is 1. The monoisotopic (exact) mass is 483 g/mol. The van der Waals surface area contributed by atoms with Gasteiger partial charge in [-0.2, -0.15) is 0 Å². The summed E-state index contributed by atoms with van der Waals surface area (Å²) in [6.45, 7) is 6.02. The molecular formula is C28H41N3O4. The summed E-state index contributed by atoms with van der Waals surface area (Å²) in [7, 11) is 1.50. The number of amides is 2. The third-order valence-electron chi connectivity index (χ3n) is 7.25. The van der Waals surface area contributed by atoms with Crippen molar-refractivity contribution in [2.45, 2.75) is 70.9 Å². The van der Waals surface area contributed by atoms with Crippen molar-refractivity contribution in [1.82, 2.24) is 5.32 Å². The molecule has 2 unspecified atom stereocenters. The average Bonchev–Trinajstić information content (AvgIpc) is 2.85. The Hall–Kier alpha value is -2.64. The first-order chi connectivity index (χ1) is 16.6. The zero-order valence-electron chi connectivity index (χ0n) is 21.5. The molecule has 192 valence electrons. The summed E-state index contributed by atoms with van der Waals surface area (Å²) in [5.74, 6) is 0.497. The van der Waals surface area contributed by atoms with Gasteiger partial charge in [-0.25, -0.2) is 4.79 Å². The van der Waals surface area contributed by atoms with E-state index in [2.05, 4.69) is 5.32 Å². The molecule has 1 saturated carbocycles. The molecule has 1 aromatic carbocycles. The van der Waals surface area contributed by atoms with Gasteiger partial charge in [0.05, 0.1) is 13.7 Å². The predicted octanol–water partition coefficient (Wildman–Crippen LogP) is 4.32. The fraction of sp³-hybridized carbons (Fsp3) is 0.571. The number of hydrogen-bond donors (Lipinski definition) is 3. The summed E-state index contributed by atoms with van der Waals surface area (Å²) >= 11 is 0. The van der Waals surface area contributed by atoms with Gasteiger partial charge >= 0.3 is 6.03 Å². The molecule has 0 heterocycles. The molecule has 3 rings (SSSR count). The molecule has 1 fully saturated rings. The van der Waals surface area contributed by atoms with Crippen LogP contribution in [0.25, 0.3) is 0 Å². The van der Waals surface area contributed by atoms with E-state index in [0.717, 1.165) is 12.1 Å². The number of benzene rings is 1. The third kappa shape index (κ3) is 6.14. The second-order valence-electron chi connectivity index (χ2n) is 10.7. The third-order valence-corrected chi connectivity index (χ3v) is 7.25. The van der Waals surface area contributed by atoms with E-state index in [1.54, 1.807) is 11.0 Å². The van der Waals surface area contributed by atoms with Crippen molar-refractivity contribution in [3.63, 3.8) is 0 Å². The summed E-state index contributed by atoms with van der Waals surface area (Å²) < 4.78 is 5.48. The van der Waals surface area contributed by atoms with Crippen molar-refractivity contribution < 1.29 is 19.4 Å².